The second-order valence-electron chi connectivity index (χ2n) is 9.24. The highest BCUT2D eigenvalue weighted by atomic mass is 16.3. The summed E-state index contributed by atoms with van der Waals surface area (Å²) >= 11 is 0. The number of hydrogen-bond acceptors (Lipinski definition) is 2. The predicted molar refractivity (Wildman–Crippen MR) is 113 cm³/mol. The number of aliphatic hydroxyl groups is 1. The van der Waals surface area contributed by atoms with Crippen LogP contribution in [0.25, 0.3) is 0 Å². The van der Waals surface area contributed by atoms with E-state index < -0.39 is 5.60 Å². The lowest BCUT2D eigenvalue weighted by Gasteiger charge is -2.39. The Hall–Kier alpha value is -2.42. The van der Waals surface area contributed by atoms with Crippen LogP contribution in [0.1, 0.15) is 49.1 Å². The smallest absolute Gasteiger partial charge is 0.132 e. The van der Waals surface area contributed by atoms with Gasteiger partial charge in [-0.05, 0) is 27.7 Å². The molecule has 1 fully saturated rings. The number of fused-ring (bicyclic) bond motifs is 2. The van der Waals surface area contributed by atoms with Gasteiger partial charge in [-0.2, -0.15) is 0 Å². The molecule has 3 aromatic rings. The van der Waals surface area contributed by atoms with E-state index in [0.717, 1.165) is 11.1 Å². The Labute approximate surface area is 167 Å². The van der Waals surface area contributed by atoms with Crippen LogP contribution >= 0.6 is 0 Å². The van der Waals surface area contributed by atoms with Crippen molar-refractivity contribution in [3.63, 3.8) is 0 Å². The van der Waals surface area contributed by atoms with E-state index in [-0.39, 0.29) is 17.5 Å². The van der Waals surface area contributed by atoms with Crippen LogP contribution in [-0.2, 0) is 5.60 Å². The summed E-state index contributed by atoms with van der Waals surface area (Å²) in [5.41, 5.74) is 3.60. The summed E-state index contributed by atoms with van der Waals surface area (Å²) in [6.07, 6.45) is 0. The maximum Gasteiger partial charge on any atom is 0.132 e. The van der Waals surface area contributed by atoms with Crippen molar-refractivity contribution in [1.29, 1.82) is 0 Å². The predicted octanol–water partition coefficient (Wildman–Crippen LogP) is 5.12. The zero-order valence-electron chi connectivity index (χ0n) is 16.7. The van der Waals surface area contributed by atoms with E-state index in [1.54, 1.807) is 0 Å². The fourth-order valence-electron chi connectivity index (χ4n) is 5.34. The second kappa shape index (κ2) is 6.04. The second-order valence-corrected chi connectivity index (χ2v) is 9.24. The molecule has 142 valence electrons. The molecule has 1 N–H and O–H groups in total. The van der Waals surface area contributed by atoms with Gasteiger partial charge in [-0.15, -0.1) is 0 Å². The van der Waals surface area contributed by atoms with Crippen LogP contribution in [-0.4, -0.2) is 22.1 Å². The number of nitrogens with zero attached hydrogens (tertiary/aromatic N) is 1. The molecular formula is C26H27NO. The highest BCUT2D eigenvalue weighted by molar-refractivity contribution is 5.54. The summed E-state index contributed by atoms with van der Waals surface area (Å²) in [4.78, 5) is 2.53. The van der Waals surface area contributed by atoms with Gasteiger partial charge in [0.2, 0.25) is 0 Å². The highest BCUT2D eigenvalue weighted by Gasteiger charge is 2.69. The summed E-state index contributed by atoms with van der Waals surface area (Å²) in [5.74, 6) is 0. The molecule has 0 aliphatic carbocycles. The van der Waals surface area contributed by atoms with Crippen LogP contribution in [0, 0.1) is 5.41 Å². The van der Waals surface area contributed by atoms with Crippen LogP contribution in [0.3, 0.4) is 0 Å². The summed E-state index contributed by atoms with van der Waals surface area (Å²) in [6.45, 7) is 6.86. The summed E-state index contributed by atoms with van der Waals surface area (Å²) < 4.78 is 0. The monoisotopic (exact) mass is 369 g/mol. The molecule has 3 aromatic carbocycles. The molecule has 2 aliphatic heterocycles. The van der Waals surface area contributed by atoms with Gasteiger partial charge in [-0.25, -0.2) is 0 Å². The zero-order chi connectivity index (χ0) is 19.5. The fourth-order valence-corrected chi connectivity index (χ4v) is 5.34. The Morgan fingerprint density at radius 1 is 0.786 bits per heavy atom. The van der Waals surface area contributed by atoms with Crippen molar-refractivity contribution in [2.45, 2.75) is 44.5 Å². The molecular weight excluding hydrogens is 342 g/mol. The number of benzene rings is 3. The van der Waals surface area contributed by atoms with Crippen LogP contribution in [0.5, 0.6) is 0 Å². The van der Waals surface area contributed by atoms with Gasteiger partial charge < -0.3 is 5.11 Å². The maximum absolute atomic E-state index is 12.3. The van der Waals surface area contributed by atoms with Crippen molar-refractivity contribution < 1.29 is 5.11 Å². The molecule has 0 aromatic heterocycles. The minimum atomic E-state index is -0.999. The minimum absolute atomic E-state index is 0.0648. The third-order valence-corrected chi connectivity index (χ3v) is 6.46. The van der Waals surface area contributed by atoms with Gasteiger partial charge in [0.1, 0.15) is 5.60 Å². The van der Waals surface area contributed by atoms with E-state index >= 15 is 0 Å². The van der Waals surface area contributed by atoms with Crippen molar-refractivity contribution in [2.75, 3.05) is 0 Å². The lowest BCUT2D eigenvalue weighted by atomic mass is 9.74. The van der Waals surface area contributed by atoms with E-state index in [9.17, 15) is 5.11 Å². The van der Waals surface area contributed by atoms with Crippen molar-refractivity contribution >= 4 is 0 Å². The Morgan fingerprint density at radius 3 is 2.00 bits per heavy atom. The molecule has 0 spiro atoms. The van der Waals surface area contributed by atoms with Crippen molar-refractivity contribution in [3.8, 4) is 0 Å². The summed E-state index contributed by atoms with van der Waals surface area (Å²) in [5, 5.41) is 12.3. The molecule has 2 aliphatic rings. The van der Waals surface area contributed by atoms with Gasteiger partial charge in [0, 0.05) is 6.04 Å². The normalized spacial score (nSPS) is 31.0. The van der Waals surface area contributed by atoms with Gasteiger partial charge >= 0.3 is 0 Å². The van der Waals surface area contributed by atoms with Crippen LogP contribution in [0.4, 0.5) is 0 Å². The van der Waals surface area contributed by atoms with Gasteiger partial charge in [0.25, 0.3) is 0 Å². The first-order chi connectivity index (χ1) is 13.4. The van der Waals surface area contributed by atoms with E-state index in [2.05, 4.69) is 92.4 Å². The van der Waals surface area contributed by atoms with E-state index in [1.807, 2.05) is 18.2 Å². The topological polar surface area (TPSA) is 23.2 Å². The summed E-state index contributed by atoms with van der Waals surface area (Å²) in [7, 11) is 0. The molecule has 1 saturated heterocycles. The molecule has 0 amide bonds. The molecule has 5 atom stereocenters. The maximum atomic E-state index is 12.3. The lowest BCUT2D eigenvalue weighted by molar-refractivity contribution is 0.0491. The lowest BCUT2D eigenvalue weighted by Crippen LogP contribution is -2.42. The quantitative estimate of drug-likeness (QED) is 0.633. The zero-order valence-corrected chi connectivity index (χ0v) is 16.7. The van der Waals surface area contributed by atoms with Gasteiger partial charge in [-0.1, -0.05) is 106 Å². The molecule has 2 nitrogen and oxygen atoms in total. The first kappa shape index (κ1) is 17.7. The molecule has 0 radical (unpaired) electrons. The van der Waals surface area contributed by atoms with Crippen LogP contribution in [0.2, 0.25) is 0 Å². The first-order valence-electron chi connectivity index (χ1n) is 10.1. The van der Waals surface area contributed by atoms with Crippen molar-refractivity contribution in [1.82, 2.24) is 4.90 Å². The number of hydrogen-bond donors (Lipinski definition) is 1. The molecule has 2 heteroatoms. The fraction of sp³-hybridized carbons (Fsp3) is 0.308. The third-order valence-electron chi connectivity index (χ3n) is 6.46. The molecule has 0 bridgehead atoms. The molecule has 0 saturated carbocycles. The van der Waals surface area contributed by atoms with Crippen LogP contribution < -0.4 is 0 Å². The van der Waals surface area contributed by atoms with Gasteiger partial charge in [0.05, 0.1) is 12.1 Å². The molecule has 2 heterocycles. The Balaban J connectivity index is 1.77. The van der Waals surface area contributed by atoms with Gasteiger partial charge in [-0.3, -0.25) is 4.90 Å². The third kappa shape index (κ3) is 2.41. The molecule has 28 heavy (non-hydrogen) atoms. The average molecular weight is 370 g/mol. The van der Waals surface area contributed by atoms with Crippen molar-refractivity contribution in [3.05, 3.63) is 107 Å². The van der Waals surface area contributed by atoms with E-state index in [4.69, 9.17) is 0 Å². The SMILES string of the molecule is CC(C)(C)[C@@H]1[C@@H]2N1[C@H](c1ccccc1)c1ccccc1[C@@]2(O)c1ccccc1. The van der Waals surface area contributed by atoms with E-state index in [1.165, 1.54) is 11.1 Å². The Kier molecular flexibility index (Phi) is 3.81. The minimum Gasteiger partial charge on any atom is -0.379 e. The largest absolute Gasteiger partial charge is 0.379 e. The molecule has 5 rings (SSSR count). The Morgan fingerprint density at radius 2 is 1.36 bits per heavy atom. The van der Waals surface area contributed by atoms with E-state index in [0.29, 0.717) is 6.04 Å². The molecule has 1 unspecified atom stereocenters. The van der Waals surface area contributed by atoms with Crippen LogP contribution in [0.15, 0.2) is 84.9 Å². The van der Waals surface area contributed by atoms with Gasteiger partial charge in [0.15, 0.2) is 0 Å². The van der Waals surface area contributed by atoms with Crippen molar-refractivity contribution in [2.24, 2.45) is 5.41 Å². The average Bonchev–Trinajstić information content (AvgIpc) is 3.46. The standard InChI is InChI=1S/C26H27NO/c1-25(2,3)23-24-26(28,19-14-8-5-9-15-19)21-17-11-10-16-20(21)22(27(23)24)18-12-6-4-7-13-18/h4-17,22-24,28H,1-3H3/t22-,23+,24+,26+,27?/m1/s1. The number of rotatable bonds is 2. The highest BCUT2D eigenvalue weighted by Crippen LogP contribution is 2.61. The summed E-state index contributed by atoms with van der Waals surface area (Å²) in [6, 6.07) is 29.9. The Bertz CT molecular complexity index is 992. The first-order valence-corrected chi connectivity index (χ1v) is 10.1.